The lowest BCUT2D eigenvalue weighted by atomic mass is 9.97. The van der Waals surface area contributed by atoms with Crippen molar-refractivity contribution in [2.45, 2.75) is 38.5 Å². The number of hydrogen-bond acceptors (Lipinski definition) is 5. The van der Waals surface area contributed by atoms with Gasteiger partial charge in [0.1, 0.15) is 5.75 Å². The summed E-state index contributed by atoms with van der Waals surface area (Å²) in [7, 11) is 1.63. The largest absolute Gasteiger partial charge is 0.497 e. The van der Waals surface area contributed by atoms with E-state index in [-0.39, 0.29) is 11.8 Å². The Morgan fingerprint density at radius 2 is 2.12 bits per heavy atom. The molecule has 1 aromatic carbocycles. The van der Waals surface area contributed by atoms with E-state index in [1.165, 1.54) is 0 Å². The molecule has 1 aliphatic rings. The summed E-state index contributed by atoms with van der Waals surface area (Å²) in [4.78, 5) is 14.0. The molecule has 0 bridgehead atoms. The van der Waals surface area contributed by atoms with E-state index in [9.17, 15) is 4.79 Å². The van der Waals surface area contributed by atoms with Crippen LogP contribution in [0, 0.1) is 0 Å². The summed E-state index contributed by atoms with van der Waals surface area (Å²) in [5.74, 6) is 2.26. The van der Waals surface area contributed by atoms with Gasteiger partial charge in [-0.2, -0.15) is 0 Å². The Morgan fingerprint density at radius 3 is 2.83 bits per heavy atom. The van der Waals surface area contributed by atoms with Crippen LogP contribution in [0.15, 0.2) is 28.7 Å². The summed E-state index contributed by atoms with van der Waals surface area (Å²) in [5.41, 5.74) is 0.865. The highest BCUT2D eigenvalue weighted by Gasteiger charge is 2.28. The van der Waals surface area contributed by atoms with Crippen LogP contribution in [0.4, 0.5) is 0 Å². The van der Waals surface area contributed by atoms with Crippen LogP contribution < -0.4 is 4.74 Å². The second kappa shape index (κ2) is 7.47. The number of hydrogen-bond donors (Lipinski definition) is 0. The zero-order valence-corrected chi connectivity index (χ0v) is 14.2. The number of aromatic nitrogens is 2. The molecule has 0 N–H and O–H groups in total. The molecule has 3 rings (SSSR count). The average molecular weight is 329 g/mol. The first-order valence-corrected chi connectivity index (χ1v) is 8.47. The number of methoxy groups -OCH3 is 1. The lowest BCUT2D eigenvalue weighted by Gasteiger charge is -2.31. The summed E-state index contributed by atoms with van der Waals surface area (Å²) in [5, 5.41) is 8.38. The third-order valence-electron chi connectivity index (χ3n) is 4.36. The van der Waals surface area contributed by atoms with Gasteiger partial charge in [0.15, 0.2) is 0 Å². The highest BCUT2D eigenvalue weighted by molar-refractivity contribution is 5.76. The van der Waals surface area contributed by atoms with E-state index in [2.05, 4.69) is 10.2 Å². The summed E-state index contributed by atoms with van der Waals surface area (Å²) in [6.07, 6.45) is 3.43. The van der Waals surface area contributed by atoms with Gasteiger partial charge in [0.25, 0.3) is 0 Å². The predicted molar refractivity (Wildman–Crippen MR) is 89.7 cm³/mol. The first-order valence-electron chi connectivity index (χ1n) is 8.47. The third-order valence-corrected chi connectivity index (χ3v) is 4.36. The number of likely N-dealkylation sites (tertiary alicyclic amines) is 1. The van der Waals surface area contributed by atoms with Gasteiger partial charge in [-0.1, -0.05) is 6.92 Å². The van der Waals surface area contributed by atoms with Gasteiger partial charge >= 0.3 is 0 Å². The number of benzene rings is 1. The number of ether oxygens (including phenoxy) is 1. The molecule has 0 unspecified atom stereocenters. The fourth-order valence-corrected chi connectivity index (χ4v) is 3.03. The summed E-state index contributed by atoms with van der Waals surface area (Å²) in [6, 6.07) is 7.53. The Labute approximate surface area is 141 Å². The lowest BCUT2D eigenvalue weighted by molar-refractivity contribution is -0.132. The van der Waals surface area contributed by atoms with Gasteiger partial charge in [0.2, 0.25) is 17.7 Å². The Bertz CT molecular complexity index is 681. The number of piperidine rings is 1. The van der Waals surface area contributed by atoms with Gasteiger partial charge in [-0.15, -0.1) is 10.2 Å². The highest BCUT2D eigenvalue weighted by atomic mass is 16.5. The molecule has 24 heavy (non-hydrogen) atoms. The quantitative estimate of drug-likeness (QED) is 0.842. The number of carbonyl (C=O) groups excluding carboxylic acids is 1. The van der Waals surface area contributed by atoms with Crippen molar-refractivity contribution < 1.29 is 13.9 Å². The number of rotatable bonds is 5. The molecule has 1 aromatic heterocycles. The third kappa shape index (κ3) is 3.58. The van der Waals surface area contributed by atoms with Crippen molar-refractivity contribution >= 4 is 5.91 Å². The zero-order valence-electron chi connectivity index (χ0n) is 14.2. The topological polar surface area (TPSA) is 68.5 Å². The Kier molecular flexibility index (Phi) is 5.13. The molecule has 1 saturated heterocycles. The van der Waals surface area contributed by atoms with Crippen LogP contribution in [0.5, 0.6) is 5.75 Å². The molecular weight excluding hydrogens is 306 g/mol. The van der Waals surface area contributed by atoms with Gasteiger partial charge in [-0.3, -0.25) is 4.79 Å². The van der Waals surface area contributed by atoms with Crippen LogP contribution in [0.3, 0.4) is 0 Å². The fraction of sp³-hybridized carbons (Fsp3) is 0.500. The molecule has 6 nitrogen and oxygen atoms in total. The van der Waals surface area contributed by atoms with E-state index < -0.39 is 0 Å². The monoisotopic (exact) mass is 329 g/mol. The minimum absolute atomic E-state index is 0.124. The van der Waals surface area contributed by atoms with E-state index in [0.717, 1.165) is 37.1 Å². The second-order valence-electron chi connectivity index (χ2n) is 6.10. The summed E-state index contributed by atoms with van der Waals surface area (Å²) >= 11 is 0. The van der Waals surface area contributed by atoms with Crippen molar-refractivity contribution in [2.24, 2.45) is 0 Å². The molecule has 0 saturated carbocycles. The maximum Gasteiger partial charge on any atom is 0.247 e. The van der Waals surface area contributed by atoms with E-state index in [4.69, 9.17) is 9.15 Å². The Morgan fingerprint density at radius 1 is 1.33 bits per heavy atom. The van der Waals surface area contributed by atoms with E-state index >= 15 is 0 Å². The molecule has 1 atom stereocenters. The molecule has 6 heteroatoms. The Balaban J connectivity index is 1.71. The molecule has 128 valence electrons. The minimum atomic E-state index is 0.124. The fourth-order valence-electron chi connectivity index (χ4n) is 3.03. The second-order valence-corrected chi connectivity index (χ2v) is 6.10. The van der Waals surface area contributed by atoms with Crippen molar-refractivity contribution in [2.75, 3.05) is 20.2 Å². The summed E-state index contributed by atoms with van der Waals surface area (Å²) in [6.45, 7) is 3.52. The van der Waals surface area contributed by atoms with E-state index in [1.54, 1.807) is 7.11 Å². The van der Waals surface area contributed by atoms with Crippen LogP contribution >= 0.6 is 0 Å². The van der Waals surface area contributed by atoms with Gasteiger partial charge < -0.3 is 14.1 Å². The van der Waals surface area contributed by atoms with Crippen molar-refractivity contribution in [3.05, 3.63) is 30.2 Å². The predicted octanol–water partition coefficient (Wildman–Crippen LogP) is 3.25. The van der Waals surface area contributed by atoms with Crippen LogP contribution in [0.2, 0.25) is 0 Å². The van der Waals surface area contributed by atoms with E-state index in [1.807, 2.05) is 36.1 Å². The molecule has 2 heterocycles. The lowest BCUT2D eigenvalue weighted by Crippen LogP contribution is -2.39. The molecule has 1 amide bonds. The number of nitrogens with zero attached hydrogens (tertiary/aromatic N) is 3. The maximum atomic E-state index is 12.1. The van der Waals surface area contributed by atoms with Crippen molar-refractivity contribution in [1.82, 2.24) is 15.1 Å². The molecule has 0 spiro atoms. The maximum absolute atomic E-state index is 12.1. The molecule has 2 aromatic rings. The SMILES string of the molecule is CCCC(=O)N1CCC[C@@H](c2nnc(-c3ccc(OC)cc3)o2)C1. The van der Waals surface area contributed by atoms with Crippen LogP contribution in [-0.4, -0.2) is 41.2 Å². The van der Waals surface area contributed by atoms with Gasteiger partial charge in [0.05, 0.1) is 13.0 Å². The van der Waals surface area contributed by atoms with Gasteiger partial charge in [0, 0.05) is 25.1 Å². The zero-order chi connectivity index (χ0) is 16.9. The smallest absolute Gasteiger partial charge is 0.247 e. The Hall–Kier alpha value is -2.37. The van der Waals surface area contributed by atoms with Crippen molar-refractivity contribution in [1.29, 1.82) is 0 Å². The first kappa shape index (κ1) is 16.5. The minimum Gasteiger partial charge on any atom is -0.497 e. The average Bonchev–Trinajstić information content (AvgIpc) is 3.12. The van der Waals surface area contributed by atoms with Gasteiger partial charge in [-0.05, 0) is 43.5 Å². The molecule has 0 radical (unpaired) electrons. The molecule has 1 fully saturated rings. The van der Waals surface area contributed by atoms with Crippen LogP contribution in [0.25, 0.3) is 11.5 Å². The highest BCUT2D eigenvalue weighted by Crippen LogP contribution is 2.29. The van der Waals surface area contributed by atoms with Gasteiger partial charge in [-0.25, -0.2) is 0 Å². The standard InChI is InChI=1S/C18H23N3O3/c1-3-5-16(22)21-11-4-6-14(12-21)18-20-19-17(24-18)13-7-9-15(23-2)10-8-13/h7-10,14H,3-6,11-12H2,1-2H3/t14-/m1/s1. The van der Waals surface area contributed by atoms with Crippen LogP contribution in [0.1, 0.15) is 44.4 Å². The molecular formula is C18H23N3O3. The number of carbonyl (C=O) groups is 1. The number of amides is 1. The molecule has 0 aliphatic carbocycles. The first-order chi connectivity index (χ1) is 11.7. The van der Waals surface area contributed by atoms with E-state index in [0.29, 0.717) is 24.7 Å². The normalized spacial score (nSPS) is 17.8. The summed E-state index contributed by atoms with van der Waals surface area (Å²) < 4.78 is 11.0. The molecule has 1 aliphatic heterocycles. The van der Waals surface area contributed by atoms with Crippen molar-refractivity contribution in [3.8, 4) is 17.2 Å². The van der Waals surface area contributed by atoms with Crippen LogP contribution in [-0.2, 0) is 4.79 Å². The van der Waals surface area contributed by atoms with Crippen molar-refractivity contribution in [3.63, 3.8) is 0 Å².